The zero-order valence-electron chi connectivity index (χ0n) is 13.2. The Morgan fingerprint density at radius 2 is 1.71 bits per heavy atom. The fourth-order valence-electron chi connectivity index (χ4n) is 1.92. The first kappa shape index (κ1) is 17.0. The van der Waals surface area contributed by atoms with Crippen molar-refractivity contribution in [3.8, 4) is 5.75 Å². The highest BCUT2D eigenvalue weighted by molar-refractivity contribution is 5.84. The minimum absolute atomic E-state index is 0.000562. The van der Waals surface area contributed by atoms with Crippen molar-refractivity contribution in [3.05, 3.63) is 29.3 Å². The Morgan fingerprint density at radius 3 is 2.29 bits per heavy atom. The predicted molar refractivity (Wildman–Crippen MR) is 82.3 cm³/mol. The number of hydrogen-bond donors (Lipinski definition) is 2. The van der Waals surface area contributed by atoms with Gasteiger partial charge in [-0.25, -0.2) is 0 Å². The molecule has 0 radical (unpaired) electrons. The van der Waals surface area contributed by atoms with Gasteiger partial charge in [-0.2, -0.15) is 0 Å². The van der Waals surface area contributed by atoms with Crippen LogP contribution in [0.2, 0.25) is 0 Å². The van der Waals surface area contributed by atoms with Crippen LogP contribution < -0.4 is 15.4 Å². The molecule has 5 heteroatoms. The van der Waals surface area contributed by atoms with Crippen LogP contribution in [0.25, 0.3) is 0 Å². The quantitative estimate of drug-likeness (QED) is 0.804. The topological polar surface area (TPSA) is 67.4 Å². The van der Waals surface area contributed by atoms with Gasteiger partial charge in [-0.05, 0) is 51.0 Å². The van der Waals surface area contributed by atoms with Gasteiger partial charge in [0.15, 0.2) is 0 Å². The van der Waals surface area contributed by atoms with Crippen molar-refractivity contribution < 1.29 is 14.3 Å². The molecule has 2 N–H and O–H groups in total. The minimum Gasteiger partial charge on any atom is -0.493 e. The molecule has 0 bridgehead atoms. The first-order valence-corrected chi connectivity index (χ1v) is 7.14. The fourth-order valence-corrected chi connectivity index (χ4v) is 1.92. The molecule has 1 rings (SSSR count). The van der Waals surface area contributed by atoms with Crippen molar-refractivity contribution in [2.75, 3.05) is 13.2 Å². The van der Waals surface area contributed by atoms with Crippen molar-refractivity contribution in [3.63, 3.8) is 0 Å². The Morgan fingerprint density at radius 1 is 1.10 bits per heavy atom. The van der Waals surface area contributed by atoms with Gasteiger partial charge in [0.1, 0.15) is 5.75 Å². The lowest BCUT2D eigenvalue weighted by Crippen LogP contribution is -2.40. The van der Waals surface area contributed by atoms with Crippen molar-refractivity contribution >= 4 is 11.8 Å². The maximum atomic E-state index is 11.6. The molecule has 0 aromatic heterocycles. The molecule has 2 amide bonds. The lowest BCUT2D eigenvalue weighted by atomic mass is 10.1. The molecule has 0 heterocycles. The molecule has 0 saturated heterocycles. The summed E-state index contributed by atoms with van der Waals surface area (Å²) in [6.45, 7) is 8.04. The van der Waals surface area contributed by atoms with Gasteiger partial charge in [-0.15, -0.1) is 0 Å². The molecule has 21 heavy (non-hydrogen) atoms. The van der Waals surface area contributed by atoms with Gasteiger partial charge in [-0.3, -0.25) is 9.59 Å². The lowest BCUT2D eigenvalue weighted by molar-refractivity contribution is -0.126. The maximum absolute atomic E-state index is 11.6. The summed E-state index contributed by atoms with van der Waals surface area (Å²) in [5.74, 6) is 0.379. The normalized spacial score (nSPS) is 10.3. The number of ether oxygens (including phenoxy) is 1. The molecule has 0 saturated carbocycles. The van der Waals surface area contributed by atoms with Crippen LogP contribution >= 0.6 is 0 Å². The summed E-state index contributed by atoms with van der Waals surface area (Å²) in [4.78, 5) is 23.0. The third-order valence-electron chi connectivity index (χ3n) is 2.69. The third kappa shape index (κ3) is 7.34. The predicted octanol–water partition coefficient (Wildman–Crippen LogP) is 1.71. The first-order chi connectivity index (χ1) is 9.86. The van der Waals surface area contributed by atoms with Gasteiger partial charge in [0.25, 0.3) is 0 Å². The van der Waals surface area contributed by atoms with Gasteiger partial charge < -0.3 is 15.4 Å². The Kier molecular flexibility index (Phi) is 6.72. The highest BCUT2D eigenvalue weighted by atomic mass is 16.5. The van der Waals surface area contributed by atoms with Gasteiger partial charge >= 0.3 is 0 Å². The number of rotatable bonds is 7. The summed E-state index contributed by atoms with van der Waals surface area (Å²) in [6.07, 6.45) is 0.224. The molecule has 0 atom stereocenters. The number of amides is 2. The zero-order chi connectivity index (χ0) is 15.8. The molecule has 116 valence electrons. The molecule has 0 aliphatic rings. The SMILES string of the molecule is Cc1cc(C)cc(OCCC(=O)NCC(=O)NC(C)C)c1. The monoisotopic (exact) mass is 292 g/mol. The number of carbonyl (C=O) groups excluding carboxylic acids is 2. The molecule has 0 fully saturated rings. The van der Waals surface area contributed by atoms with E-state index in [1.807, 2.05) is 39.8 Å². The fraction of sp³-hybridized carbons (Fsp3) is 0.500. The van der Waals surface area contributed by atoms with Crippen LogP contribution in [0.1, 0.15) is 31.4 Å². The Balaban J connectivity index is 2.26. The molecule has 1 aromatic carbocycles. The van der Waals surface area contributed by atoms with E-state index in [0.717, 1.165) is 16.9 Å². The highest BCUT2D eigenvalue weighted by Gasteiger charge is 2.07. The second-order valence-electron chi connectivity index (χ2n) is 5.42. The molecule has 0 aliphatic heterocycles. The molecule has 0 spiro atoms. The number of aryl methyl sites for hydroxylation is 2. The van der Waals surface area contributed by atoms with Crippen LogP contribution in [0.15, 0.2) is 18.2 Å². The van der Waals surface area contributed by atoms with Crippen molar-refractivity contribution in [1.29, 1.82) is 0 Å². The molecule has 5 nitrogen and oxygen atoms in total. The van der Waals surface area contributed by atoms with E-state index >= 15 is 0 Å². The number of nitrogens with one attached hydrogen (secondary N) is 2. The lowest BCUT2D eigenvalue weighted by Gasteiger charge is -2.10. The smallest absolute Gasteiger partial charge is 0.239 e. The maximum Gasteiger partial charge on any atom is 0.239 e. The average Bonchev–Trinajstić information content (AvgIpc) is 2.34. The standard InChI is InChI=1S/C16H24N2O3/c1-11(2)18-16(20)10-17-15(19)5-6-21-14-8-12(3)7-13(4)9-14/h7-9,11H,5-6,10H2,1-4H3,(H,17,19)(H,18,20). The van der Waals surface area contributed by atoms with E-state index in [2.05, 4.69) is 16.7 Å². The van der Waals surface area contributed by atoms with Gasteiger partial charge in [0, 0.05) is 6.04 Å². The first-order valence-electron chi connectivity index (χ1n) is 7.14. The minimum atomic E-state index is -0.196. The van der Waals surface area contributed by atoms with Gasteiger partial charge in [0.05, 0.1) is 19.6 Å². The summed E-state index contributed by atoms with van der Waals surface area (Å²) in [5, 5.41) is 5.27. The second kappa shape index (κ2) is 8.29. The number of carbonyl (C=O) groups is 2. The number of hydrogen-bond acceptors (Lipinski definition) is 3. The summed E-state index contributed by atoms with van der Waals surface area (Å²) in [5.41, 5.74) is 2.25. The molecule has 0 unspecified atom stereocenters. The summed E-state index contributed by atoms with van der Waals surface area (Å²) >= 11 is 0. The van der Waals surface area contributed by atoms with E-state index in [1.54, 1.807) is 0 Å². The van der Waals surface area contributed by atoms with Gasteiger partial charge in [0.2, 0.25) is 11.8 Å². The molecular formula is C16H24N2O3. The Bertz CT molecular complexity index is 478. The van der Waals surface area contributed by atoms with E-state index in [-0.39, 0.29) is 30.8 Å². The van der Waals surface area contributed by atoms with E-state index in [0.29, 0.717) is 6.61 Å². The van der Waals surface area contributed by atoms with Crippen LogP contribution in [0.3, 0.4) is 0 Å². The number of benzene rings is 1. The van der Waals surface area contributed by atoms with E-state index in [1.165, 1.54) is 0 Å². The van der Waals surface area contributed by atoms with E-state index in [4.69, 9.17) is 4.74 Å². The van der Waals surface area contributed by atoms with Gasteiger partial charge in [-0.1, -0.05) is 6.07 Å². The van der Waals surface area contributed by atoms with E-state index < -0.39 is 0 Å². The zero-order valence-corrected chi connectivity index (χ0v) is 13.2. The third-order valence-corrected chi connectivity index (χ3v) is 2.69. The summed E-state index contributed by atoms with van der Waals surface area (Å²) in [7, 11) is 0. The van der Waals surface area contributed by atoms with Crippen LogP contribution in [-0.2, 0) is 9.59 Å². The van der Waals surface area contributed by atoms with Crippen LogP contribution in [-0.4, -0.2) is 31.0 Å². The average molecular weight is 292 g/mol. The Hall–Kier alpha value is -2.04. The van der Waals surface area contributed by atoms with E-state index in [9.17, 15) is 9.59 Å². The Labute approximate surface area is 126 Å². The summed E-state index contributed by atoms with van der Waals surface area (Å²) < 4.78 is 5.55. The van der Waals surface area contributed by atoms with Crippen LogP contribution in [0, 0.1) is 13.8 Å². The van der Waals surface area contributed by atoms with Crippen LogP contribution in [0.5, 0.6) is 5.75 Å². The van der Waals surface area contributed by atoms with Crippen molar-refractivity contribution in [1.82, 2.24) is 10.6 Å². The molecule has 1 aromatic rings. The highest BCUT2D eigenvalue weighted by Crippen LogP contribution is 2.16. The molecule has 0 aliphatic carbocycles. The largest absolute Gasteiger partial charge is 0.493 e. The summed E-state index contributed by atoms with van der Waals surface area (Å²) in [6, 6.07) is 6.00. The molecular weight excluding hydrogens is 268 g/mol. The van der Waals surface area contributed by atoms with Crippen molar-refractivity contribution in [2.24, 2.45) is 0 Å². The second-order valence-corrected chi connectivity index (χ2v) is 5.42. The van der Waals surface area contributed by atoms with Crippen molar-refractivity contribution in [2.45, 2.75) is 40.2 Å². The van der Waals surface area contributed by atoms with Crippen LogP contribution in [0.4, 0.5) is 0 Å².